The number of aromatic amines is 1. The third-order valence-electron chi connectivity index (χ3n) is 3.38. The van der Waals surface area contributed by atoms with Gasteiger partial charge < -0.3 is 10.2 Å². The molecule has 7 nitrogen and oxygen atoms in total. The van der Waals surface area contributed by atoms with E-state index in [1.165, 1.54) is 4.68 Å². The quantitative estimate of drug-likeness (QED) is 0.742. The van der Waals surface area contributed by atoms with E-state index in [1.54, 1.807) is 6.20 Å². The normalized spacial score (nSPS) is 13.1. The number of carboxylic acid groups (broad SMARTS) is 1. The molecule has 0 aromatic carbocycles. The predicted molar refractivity (Wildman–Crippen MR) is 65.9 cm³/mol. The summed E-state index contributed by atoms with van der Waals surface area (Å²) in [7, 11) is 0. The zero-order valence-electron chi connectivity index (χ0n) is 10.3. The Hall–Kier alpha value is -2.15. The second kappa shape index (κ2) is 4.51. The lowest BCUT2D eigenvalue weighted by atomic mass is 9.94. The standard InChI is InChI=1S/C12H14N4O3/c17-5-1-4-16-11(12(18)19)7-2-3-9-8(6-13-14-9)10(7)15-16/h6,17H,1-5H2,(H,13,14)(H,18,19). The summed E-state index contributed by atoms with van der Waals surface area (Å²) in [6.07, 6.45) is 3.56. The molecule has 0 bridgehead atoms. The van der Waals surface area contributed by atoms with Gasteiger partial charge in [0.15, 0.2) is 0 Å². The number of aliphatic hydroxyl groups excluding tert-OH is 1. The Morgan fingerprint density at radius 2 is 2.32 bits per heavy atom. The number of carbonyl (C=O) groups is 1. The Bertz CT molecular complexity index is 629. The van der Waals surface area contributed by atoms with Crippen molar-refractivity contribution in [3.05, 3.63) is 23.1 Å². The fourth-order valence-corrected chi connectivity index (χ4v) is 2.53. The molecule has 0 spiro atoms. The van der Waals surface area contributed by atoms with Crippen molar-refractivity contribution in [2.24, 2.45) is 0 Å². The summed E-state index contributed by atoms with van der Waals surface area (Å²) < 4.78 is 1.48. The summed E-state index contributed by atoms with van der Waals surface area (Å²) in [6.45, 7) is 0.416. The molecule has 0 unspecified atom stereocenters. The van der Waals surface area contributed by atoms with E-state index < -0.39 is 5.97 Å². The number of carboxylic acids is 1. The first kappa shape index (κ1) is 11.9. The summed E-state index contributed by atoms with van der Waals surface area (Å²) in [5, 5.41) is 29.5. The lowest BCUT2D eigenvalue weighted by molar-refractivity contribution is 0.0681. The Labute approximate surface area is 108 Å². The molecule has 0 saturated heterocycles. The summed E-state index contributed by atoms with van der Waals surface area (Å²) >= 11 is 0. The van der Waals surface area contributed by atoms with Crippen molar-refractivity contribution in [3.8, 4) is 11.3 Å². The van der Waals surface area contributed by atoms with Crippen molar-refractivity contribution in [1.82, 2.24) is 20.0 Å². The monoisotopic (exact) mass is 262 g/mol. The van der Waals surface area contributed by atoms with Crippen LogP contribution in [-0.2, 0) is 19.4 Å². The van der Waals surface area contributed by atoms with Gasteiger partial charge >= 0.3 is 5.97 Å². The number of hydrogen-bond donors (Lipinski definition) is 3. The smallest absolute Gasteiger partial charge is 0.354 e. The van der Waals surface area contributed by atoms with Crippen molar-refractivity contribution in [3.63, 3.8) is 0 Å². The molecule has 2 heterocycles. The van der Waals surface area contributed by atoms with Crippen LogP contribution in [0.2, 0.25) is 0 Å². The van der Waals surface area contributed by atoms with E-state index in [-0.39, 0.29) is 12.3 Å². The number of nitrogens with zero attached hydrogens (tertiary/aromatic N) is 3. The van der Waals surface area contributed by atoms with Gasteiger partial charge in [0.05, 0.1) is 11.9 Å². The van der Waals surface area contributed by atoms with Crippen LogP contribution in [-0.4, -0.2) is 42.8 Å². The molecule has 1 aliphatic rings. The highest BCUT2D eigenvalue weighted by molar-refractivity contribution is 5.90. The van der Waals surface area contributed by atoms with Gasteiger partial charge in [-0.15, -0.1) is 0 Å². The third-order valence-corrected chi connectivity index (χ3v) is 3.38. The van der Waals surface area contributed by atoms with Gasteiger partial charge in [-0.2, -0.15) is 10.2 Å². The van der Waals surface area contributed by atoms with Crippen LogP contribution in [0.25, 0.3) is 11.3 Å². The number of hydrogen-bond acceptors (Lipinski definition) is 4. The fraction of sp³-hybridized carbons (Fsp3) is 0.417. The highest BCUT2D eigenvalue weighted by Crippen LogP contribution is 2.33. The topological polar surface area (TPSA) is 104 Å². The lowest BCUT2D eigenvalue weighted by Gasteiger charge is -2.10. The summed E-state index contributed by atoms with van der Waals surface area (Å²) in [6, 6.07) is 0. The minimum Gasteiger partial charge on any atom is -0.477 e. The number of rotatable bonds is 4. The highest BCUT2D eigenvalue weighted by atomic mass is 16.4. The summed E-state index contributed by atoms with van der Waals surface area (Å²) in [5.74, 6) is -0.973. The molecule has 0 amide bonds. The van der Waals surface area contributed by atoms with Crippen LogP contribution in [0.1, 0.15) is 28.2 Å². The van der Waals surface area contributed by atoms with Crippen molar-refractivity contribution in [2.45, 2.75) is 25.8 Å². The second-order valence-corrected chi connectivity index (χ2v) is 4.54. The van der Waals surface area contributed by atoms with Crippen LogP contribution in [0, 0.1) is 0 Å². The molecule has 0 radical (unpaired) electrons. The molecule has 3 N–H and O–H groups in total. The van der Waals surface area contributed by atoms with Crippen LogP contribution in [0.5, 0.6) is 0 Å². The van der Waals surface area contributed by atoms with Gasteiger partial charge in [-0.1, -0.05) is 0 Å². The van der Waals surface area contributed by atoms with Crippen molar-refractivity contribution >= 4 is 5.97 Å². The number of aromatic carboxylic acids is 1. The number of aromatic nitrogens is 4. The average Bonchev–Trinajstić information content (AvgIpc) is 2.98. The number of fused-ring (bicyclic) bond motifs is 3. The van der Waals surface area contributed by atoms with E-state index in [0.29, 0.717) is 25.1 Å². The van der Waals surface area contributed by atoms with Gasteiger partial charge in [-0.25, -0.2) is 4.79 Å². The van der Waals surface area contributed by atoms with Crippen LogP contribution in [0.3, 0.4) is 0 Å². The van der Waals surface area contributed by atoms with E-state index in [9.17, 15) is 9.90 Å². The maximum Gasteiger partial charge on any atom is 0.354 e. The first-order valence-corrected chi connectivity index (χ1v) is 6.18. The maximum atomic E-state index is 11.4. The second-order valence-electron chi connectivity index (χ2n) is 4.54. The van der Waals surface area contributed by atoms with E-state index in [2.05, 4.69) is 15.3 Å². The van der Waals surface area contributed by atoms with Gasteiger partial charge in [0, 0.05) is 30.0 Å². The Balaban J connectivity index is 2.12. The Kier molecular flexibility index (Phi) is 2.83. The van der Waals surface area contributed by atoms with E-state index in [1.807, 2.05) is 0 Å². The molecule has 0 fully saturated rings. The zero-order chi connectivity index (χ0) is 13.4. The first-order valence-electron chi connectivity index (χ1n) is 6.18. The van der Waals surface area contributed by atoms with Gasteiger partial charge in [-0.05, 0) is 19.3 Å². The van der Waals surface area contributed by atoms with Crippen LogP contribution in [0.15, 0.2) is 6.20 Å². The average molecular weight is 262 g/mol. The van der Waals surface area contributed by atoms with E-state index in [0.717, 1.165) is 23.2 Å². The molecule has 0 saturated carbocycles. The number of aryl methyl sites for hydroxylation is 2. The maximum absolute atomic E-state index is 11.4. The number of nitrogens with one attached hydrogen (secondary N) is 1. The van der Waals surface area contributed by atoms with Crippen molar-refractivity contribution in [1.29, 1.82) is 0 Å². The molecule has 1 aliphatic carbocycles. The minimum atomic E-state index is -0.973. The molecule has 0 aliphatic heterocycles. The fourth-order valence-electron chi connectivity index (χ4n) is 2.53. The SMILES string of the molecule is O=C(O)c1c2c(nn1CCCO)-c1cn[nH]c1CC2. The molecule has 2 aromatic rings. The van der Waals surface area contributed by atoms with E-state index in [4.69, 9.17) is 5.11 Å². The van der Waals surface area contributed by atoms with E-state index >= 15 is 0 Å². The van der Waals surface area contributed by atoms with Crippen molar-refractivity contribution < 1.29 is 15.0 Å². The van der Waals surface area contributed by atoms with Crippen LogP contribution in [0.4, 0.5) is 0 Å². The Morgan fingerprint density at radius 1 is 1.47 bits per heavy atom. The summed E-state index contributed by atoms with van der Waals surface area (Å²) in [5.41, 5.74) is 3.57. The molecule has 19 heavy (non-hydrogen) atoms. The molecule has 0 atom stereocenters. The van der Waals surface area contributed by atoms with Crippen LogP contribution < -0.4 is 0 Å². The molecule has 2 aromatic heterocycles. The highest BCUT2D eigenvalue weighted by Gasteiger charge is 2.28. The largest absolute Gasteiger partial charge is 0.477 e. The first-order chi connectivity index (χ1) is 9.22. The minimum absolute atomic E-state index is 0.0144. The summed E-state index contributed by atoms with van der Waals surface area (Å²) in [4.78, 5) is 11.4. The zero-order valence-corrected chi connectivity index (χ0v) is 10.3. The number of aliphatic hydroxyl groups is 1. The van der Waals surface area contributed by atoms with Gasteiger partial charge in [-0.3, -0.25) is 9.78 Å². The van der Waals surface area contributed by atoms with Gasteiger partial charge in [0.2, 0.25) is 0 Å². The van der Waals surface area contributed by atoms with Crippen molar-refractivity contribution in [2.75, 3.05) is 6.61 Å². The van der Waals surface area contributed by atoms with Crippen LogP contribution >= 0.6 is 0 Å². The predicted octanol–water partition coefficient (Wildman–Crippen LogP) is 0.452. The lowest BCUT2D eigenvalue weighted by Crippen LogP contribution is -2.13. The molecule has 7 heteroatoms. The molecule has 3 rings (SSSR count). The Morgan fingerprint density at radius 3 is 3.05 bits per heavy atom. The molecular formula is C12H14N4O3. The molecular weight excluding hydrogens is 248 g/mol. The number of H-pyrrole nitrogens is 1. The van der Waals surface area contributed by atoms with Gasteiger partial charge in [0.25, 0.3) is 0 Å². The van der Waals surface area contributed by atoms with Gasteiger partial charge in [0.1, 0.15) is 5.69 Å². The molecule has 100 valence electrons. The third kappa shape index (κ3) is 1.82.